The molecule has 6 nitrogen and oxygen atoms in total. The second-order valence-electron chi connectivity index (χ2n) is 5.43. The van der Waals surface area contributed by atoms with Gasteiger partial charge in [0.2, 0.25) is 5.91 Å². The largest absolute Gasteiger partial charge is 0.493 e. The molecule has 0 aliphatic carbocycles. The second kappa shape index (κ2) is 8.57. The van der Waals surface area contributed by atoms with Crippen LogP contribution >= 0.6 is 11.8 Å². The van der Waals surface area contributed by atoms with E-state index in [0.717, 1.165) is 17.7 Å². The van der Waals surface area contributed by atoms with Gasteiger partial charge in [0, 0.05) is 0 Å². The Kier molecular flexibility index (Phi) is 6.46. The van der Waals surface area contributed by atoms with Crippen molar-refractivity contribution in [1.29, 1.82) is 0 Å². The van der Waals surface area contributed by atoms with Crippen molar-refractivity contribution in [1.82, 2.24) is 5.32 Å². The van der Waals surface area contributed by atoms with E-state index in [4.69, 9.17) is 9.47 Å². The van der Waals surface area contributed by atoms with Gasteiger partial charge in [-0.25, -0.2) is 0 Å². The van der Waals surface area contributed by atoms with E-state index in [2.05, 4.69) is 29.4 Å². The molecule has 1 aliphatic rings. The third-order valence-corrected chi connectivity index (χ3v) is 3.95. The van der Waals surface area contributed by atoms with Gasteiger partial charge in [0.05, 0.1) is 25.7 Å². The molecule has 1 aliphatic heterocycles. The minimum Gasteiger partial charge on any atom is -0.493 e. The van der Waals surface area contributed by atoms with Crippen LogP contribution in [0.25, 0.3) is 0 Å². The Labute approximate surface area is 140 Å². The fourth-order valence-electron chi connectivity index (χ4n) is 1.82. The predicted molar refractivity (Wildman–Crippen MR) is 93.6 cm³/mol. The van der Waals surface area contributed by atoms with Gasteiger partial charge in [-0.1, -0.05) is 25.6 Å². The summed E-state index contributed by atoms with van der Waals surface area (Å²) in [5.74, 6) is 2.32. The van der Waals surface area contributed by atoms with E-state index in [9.17, 15) is 4.79 Å². The van der Waals surface area contributed by atoms with Gasteiger partial charge >= 0.3 is 0 Å². The number of nitrogens with zero attached hydrogens (tertiary/aromatic N) is 2. The first-order valence-corrected chi connectivity index (χ1v) is 8.41. The molecule has 1 aromatic rings. The standard InChI is InChI=1S/C16H21N3O3S/c1-11(2)6-7-22-13-5-4-12(8-14(13)21-3)9-17-19-16-18-15(20)10-23-16/h4-5,8-9,11H,6-7,10H2,1-3H3,(H,18,19,20). The van der Waals surface area contributed by atoms with Crippen LogP contribution in [0.15, 0.2) is 28.4 Å². The van der Waals surface area contributed by atoms with Crippen LogP contribution in [-0.2, 0) is 4.79 Å². The molecule has 1 aromatic carbocycles. The van der Waals surface area contributed by atoms with Crippen LogP contribution in [0.3, 0.4) is 0 Å². The third kappa shape index (κ3) is 5.59. The molecular weight excluding hydrogens is 314 g/mol. The van der Waals surface area contributed by atoms with Crippen molar-refractivity contribution in [2.75, 3.05) is 19.5 Å². The van der Waals surface area contributed by atoms with Gasteiger partial charge in [-0.15, -0.1) is 5.10 Å². The van der Waals surface area contributed by atoms with E-state index in [1.807, 2.05) is 18.2 Å². The van der Waals surface area contributed by atoms with Crippen molar-refractivity contribution in [2.24, 2.45) is 16.1 Å². The molecule has 1 N–H and O–H groups in total. The number of carbonyl (C=O) groups is 1. The summed E-state index contributed by atoms with van der Waals surface area (Å²) in [6, 6.07) is 5.59. The number of ether oxygens (including phenoxy) is 2. The van der Waals surface area contributed by atoms with E-state index in [1.54, 1.807) is 13.3 Å². The maximum Gasteiger partial charge on any atom is 0.236 e. The Balaban J connectivity index is 1.99. The van der Waals surface area contributed by atoms with Crippen LogP contribution in [0.5, 0.6) is 11.5 Å². The number of amidine groups is 1. The summed E-state index contributed by atoms with van der Waals surface area (Å²) < 4.78 is 11.1. The van der Waals surface area contributed by atoms with Gasteiger partial charge in [0.25, 0.3) is 0 Å². The minimum absolute atomic E-state index is 0.0477. The molecule has 23 heavy (non-hydrogen) atoms. The molecule has 0 unspecified atom stereocenters. The van der Waals surface area contributed by atoms with Gasteiger partial charge in [-0.05, 0) is 36.1 Å². The first-order chi connectivity index (χ1) is 11.1. The SMILES string of the molecule is COc1cc(C=NN=C2NC(=O)CS2)ccc1OCCC(C)C. The van der Waals surface area contributed by atoms with Gasteiger partial charge in [0.15, 0.2) is 16.7 Å². The quantitative estimate of drug-likeness (QED) is 0.614. The monoisotopic (exact) mass is 335 g/mol. The van der Waals surface area contributed by atoms with Crippen LogP contribution in [0, 0.1) is 5.92 Å². The summed E-state index contributed by atoms with van der Waals surface area (Å²) in [7, 11) is 1.61. The fourth-order valence-corrected chi connectivity index (χ4v) is 2.45. The summed E-state index contributed by atoms with van der Waals surface area (Å²) in [5.41, 5.74) is 0.844. The highest BCUT2D eigenvalue weighted by atomic mass is 32.2. The maximum atomic E-state index is 11.0. The Bertz CT molecular complexity index is 615. The number of hydrogen-bond donors (Lipinski definition) is 1. The second-order valence-corrected chi connectivity index (χ2v) is 6.39. The lowest BCUT2D eigenvalue weighted by molar-refractivity contribution is -0.116. The molecule has 0 atom stereocenters. The zero-order valence-corrected chi connectivity index (χ0v) is 14.4. The van der Waals surface area contributed by atoms with Gasteiger partial charge in [-0.2, -0.15) is 5.10 Å². The van der Waals surface area contributed by atoms with Gasteiger partial charge in [-0.3, -0.25) is 4.79 Å². The lowest BCUT2D eigenvalue weighted by Gasteiger charge is -2.12. The van der Waals surface area contributed by atoms with E-state index in [-0.39, 0.29) is 5.91 Å². The molecule has 1 fully saturated rings. The number of amides is 1. The van der Waals surface area contributed by atoms with Crippen LogP contribution in [0.1, 0.15) is 25.8 Å². The molecule has 0 bridgehead atoms. The average molecular weight is 335 g/mol. The number of nitrogens with one attached hydrogen (secondary N) is 1. The molecule has 0 spiro atoms. The molecule has 1 amide bonds. The fraction of sp³-hybridized carbons (Fsp3) is 0.438. The van der Waals surface area contributed by atoms with E-state index < -0.39 is 0 Å². The lowest BCUT2D eigenvalue weighted by atomic mass is 10.1. The first kappa shape index (κ1) is 17.3. The number of rotatable bonds is 7. The molecule has 0 saturated carbocycles. The Morgan fingerprint density at radius 2 is 2.22 bits per heavy atom. The number of benzene rings is 1. The van der Waals surface area contributed by atoms with E-state index >= 15 is 0 Å². The van der Waals surface area contributed by atoms with Crippen LogP contribution in [-0.4, -0.2) is 36.8 Å². The van der Waals surface area contributed by atoms with Crippen molar-refractivity contribution < 1.29 is 14.3 Å². The molecule has 0 radical (unpaired) electrons. The van der Waals surface area contributed by atoms with Crippen LogP contribution < -0.4 is 14.8 Å². The molecule has 124 valence electrons. The Hall–Kier alpha value is -2.02. The Morgan fingerprint density at radius 1 is 1.39 bits per heavy atom. The summed E-state index contributed by atoms with van der Waals surface area (Å²) in [6.07, 6.45) is 2.60. The number of thioether (sulfide) groups is 1. The normalized spacial score (nSPS) is 16.3. The van der Waals surface area contributed by atoms with Gasteiger partial charge < -0.3 is 14.8 Å². The number of carbonyl (C=O) groups excluding carboxylic acids is 1. The zero-order valence-electron chi connectivity index (χ0n) is 13.5. The summed E-state index contributed by atoms with van der Waals surface area (Å²) >= 11 is 1.34. The summed E-state index contributed by atoms with van der Waals surface area (Å²) in [5, 5.41) is 11.1. The van der Waals surface area contributed by atoms with Crippen molar-refractivity contribution in [3.8, 4) is 11.5 Å². The predicted octanol–water partition coefficient (Wildman–Crippen LogP) is 2.67. The van der Waals surface area contributed by atoms with E-state index in [0.29, 0.717) is 29.2 Å². The van der Waals surface area contributed by atoms with Crippen molar-refractivity contribution in [3.05, 3.63) is 23.8 Å². The van der Waals surface area contributed by atoms with Crippen molar-refractivity contribution in [2.45, 2.75) is 20.3 Å². The minimum atomic E-state index is -0.0477. The molecule has 1 saturated heterocycles. The highest BCUT2D eigenvalue weighted by Gasteiger charge is 2.15. The van der Waals surface area contributed by atoms with Crippen LogP contribution in [0.2, 0.25) is 0 Å². The molecular formula is C16H21N3O3S. The topological polar surface area (TPSA) is 72.3 Å². The van der Waals surface area contributed by atoms with Crippen molar-refractivity contribution in [3.63, 3.8) is 0 Å². The van der Waals surface area contributed by atoms with E-state index in [1.165, 1.54) is 11.8 Å². The number of hydrogen-bond acceptors (Lipinski definition) is 6. The molecule has 2 rings (SSSR count). The zero-order chi connectivity index (χ0) is 16.7. The van der Waals surface area contributed by atoms with Crippen molar-refractivity contribution >= 4 is 29.1 Å². The van der Waals surface area contributed by atoms with Crippen LogP contribution in [0.4, 0.5) is 0 Å². The van der Waals surface area contributed by atoms with Gasteiger partial charge in [0.1, 0.15) is 0 Å². The Morgan fingerprint density at radius 3 is 2.87 bits per heavy atom. The summed E-state index contributed by atoms with van der Waals surface area (Å²) in [6.45, 7) is 4.98. The number of methoxy groups -OCH3 is 1. The average Bonchev–Trinajstić information content (AvgIpc) is 2.93. The summed E-state index contributed by atoms with van der Waals surface area (Å²) in [4.78, 5) is 11.0. The highest BCUT2D eigenvalue weighted by Crippen LogP contribution is 2.28. The highest BCUT2D eigenvalue weighted by molar-refractivity contribution is 8.15. The maximum absolute atomic E-state index is 11.0. The lowest BCUT2D eigenvalue weighted by Crippen LogP contribution is -2.19. The third-order valence-electron chi connectivity index (χ3n) is 3.08. The first-order valence-electron chi connectivity index (χ1n) is 7.43. The molecule has 0 aromatic heterocycles. The molecule has 7 heteroatoms. The molecule has 1 heterocycles. The smallest absolute Gasteiger partial charge is 0.236 e.